The summed E-state index contributed by atoms with van der Waals surface area (Å²) in [5.74, 6) is 0.246. The average Bonchev–Trinajstić information content (AvgIpc) is 2.50. The van der Waals surface area contributed by atoms with E-state index in [0.29, 0.717) is 6.54 Å². The first-order valence-corrected chi connectivity index (χ1v) is 6.36. The van der Waals surface area contributed by atoms with Crippen LogP contribution >= 0.6 is 0 Å². The van der Waals surface area contributed by atoms with Gasteiger partial charge in [0.25, 0.3) is 0 Å². The standard InChI is InChI=1S/C14H18N2O/c17-13-14(5-7-15-8-6-14)9-11-3-1-2-4-12(11)10-16-13/h1-4,15H,5-10H2,(H,16,17). The van der Waals surface area contributed by atoms with Crippen molar-refractivity contribution in [1.82, 2.24) is 10.6 Å². The van der Waals surface area contributed by atoms with Crippen molar-refractivity contribution < 1.29 is 4.79 Å². The fourth-order valence-corrected chi connectivity index (χ4v) is 3.02. The van der Waals surface area contributed by atoms with E-state index in [0.717, 1.165) is 32.4 Å². The van der Waals surface area contributed by atoms with Crippen LogP contribution in [0.3, 0.4) is 0 Å². The summed E-state index contributed by atoms with van der Waals surface area (Å²) in [5, 5.41) is 6.44. The van der Waals surface area contributed by atoms with Crippen LogP contribution in [0, 0.1) is 5.41 Å². The smallest absolute Gasteiger partial charge is 0.226 e. The van der Waals surface area contributed by atoms with Crippen molar-refractivity contribution >= 4 is 5.91 Å². The molecule has 1 aromatic rings. The summed E-state index contributed by atoms with van der Waals surface area (Å²) in [6, 6.07) is 8.41. The second kappa shape index (κ2) is 4.15. The van der Waals surface area contributed by atoms with E-state index in [1.54, 1.807) is 0 Å². The molecular weight excluding hydrogens is 212 g/mol. The number of piperidine rings is 1. The molecule has 1 saturated heterocycles. The lowest BCUT2D eigenvalue weighted by Crippen LogP contribution is -2.47. The quantitative estimate of drug-likeness (QED) is 0.704. The first-order valence-electron chi connectivity index (χ1n) is 6.36. The highest BCUT2D eigenvalue weighted by molar-refractivity contribution is 5.83. The molecule has 3 nitrogen and oxygen atoms in total. The minimum absolute atomic E-state index is 0.169. The molecular formula is C14H18N2O. The van der Waals surface area contributed by atoms with Gasteiger partial charge in [0.2, 0.25) is 5.91 Å². The number of benzene rings is 1. The van der Waals surface area contributed by atoms with E-state index in [1.165, 1.54) is 11.1 Å². The predicted octanol–water partition coefficient (Wildman–Crippen LogP) is 1.23. The number of fused-ring (bicyclic) bond motifs is 1. The maximum atomic E-state index is 12.3. The molecule has 0 aromatic heterocycles. The van der Waals surface area contributed by atoms with Gasteiger partial charge in [-0.25, -0.2) is 0 Å². The van der Waals surface area contributed by atoms with Crippen LogP contribution in [-0.2, 0) is 17.8 Å². The Balaban J connectivity index is 1.97. The zero-order valence-corrected chi connectivity index (χ0v) is 9.96. The number of carbonyl (C=O) groups is 1. The summed E-state index contributed by atoms with van der Waals surface area (Å²) in [6.07, 6.45) is 2.80. The first-order chi connectivity index (χ1) is 8.30. The summed E-state index contributed by atoms with van der Waals surface area (Å²) in [4.78, 5) is 12.3. The number of hydrogen-bond acceptors (Lipinski definition) is 2. The maximum Gasteiger partial charge on any atom is 0.226 e. The second-order valence-corrected chi connectivity index (χ2v) is 5.16. The fourth-order valence-electron chi connectivity index (χ4n) is 3.02. The molecule has 1 amide bonds. The van der Waals surface area contributed by atoms with Gasteiger partial charge < -0.3 is 10.6 Å². The SMILES string of the molecule is O=C1NCc2ccccc2CC12CCNCC2. The van der Waals surface area contributed by atoms with Gasteiger partial charge in [-0.05, 0) is 43.5 Å². The van der Waals surface area contributed by atoms with E-state index in [2.05, 4.69) is 28.8 Å². The molecule has 1 spiro atoms. The van der Waals surface area contributed by atoms with E-state index >= 15 is 0 Å². The lowest BCUT2D eigenvalue weighted by atomic mass is 9.73. The lowest BCUT2D eigenvalue weighted by molar-refractivity contribution is -0.132. The van der Waals surface area contributed by atoms with Gasteiger partial charge in [0.05, 0.1) is 5.41 Å². The van der Waals surface area contributed by atoms with Crippen LogP contribution < -0.4 is 10.6 Å². The summed E-state index contributed by atoms with van der Waals surface area (Å²) >= 11 is 0. The molecule has 90 valence electrons. The van der Waals surface area contributed by atoms with Gasteiger partial charge in [-0.15, -0.1) is 0 Å². The summed E-state index contributed by atoms with van der Waals surface area (Å²) in [6.45, 7) is 2.59. The fraction of sp³-hybridized carbons (Fsp3) is 0.500. The van der Waals surface area contributed by atoms with Crippen LogP contribution in [0.2, 0.25) is 0 Å². The van der Waals surface area contributed by atoms with Gasteiger partial charge in [-0.1, -0.05) is 24.3 Å². The Kier molecular flexibility index (Phi) is 2.63. The Labute approximate surface area is 102 Å². The molecule has 3 heteroatoms. The van der Waals surface area contributed by atoms with Crippen LogP contribution in [0.15, 0.2) is 24.3 Å². The van der Waals surface area contributed by atoms with E-state index in [9.17, 15) is 4.79 Å². The molecule has 2 heterocycles. The predicted molar refractivity (Wildman–Crippen MR) is 66.5 cm³/mol. The summed E-state index contributed by atoms with van der Waals surface area (Å²) < 4.78 is 0. The largest absolute Gasteiger partial charge is 0.352 e. The Morgan fingerprint density at radius 2 is 1.76 bits per heavy atom. The molecule has 0 aliphatic carbocycles. The Morgan fingerprint density at radius 1 is 1.06 bits per heavy atom. The average molecular weight is 230 g/mol. The van der Waals surface area contributed by atoms with E-state index in [-0.39, 0.29) is 11.3 Å². The molecule has 0 atom stereocenters. The van der Waals surface area contributed by atoms with Crippen molar-refractivity contribution in [2.45, 2.75) is 25.8 Å². The second-order valence-electron chi connectivity index (χ2n) is 5.16. The molecule has 2 aliphatic heterocycles. The van der Waals surface area contributed by atoms with Gasteiger partial charge in [0.1, 0.15) is 0 Å². The van der Waals surface area contributed by atoms with Gasteiger partial charge in [-0.3, -0.25) is 4.79 Å². The third-order valence-corrected chi connectivity index (χ3v) is 4.13. The highest BCUT2D eigenvalue weighted by Gasteiger charge is 2.41. The molecule has 1 fully saturated rings. The van der Waals surface area contributed by atoms with Crippen LogP contribution in [0.4, 0.5) is 0 Å². The molecule has 0 unspecified atom stereocenters. The first kappa shape index (κ1) is 10.8. The Hall–Kier alpha value is -1.35. The van der Waals surface area contributed by atoms with Crippen LogP contribution in [0.1, 0.15) is 24.0 Å². The van der Waals surface area contributed by atoms with Crippen LogP contribution in [0.25, 0.3) is 0 Å². The van der Waals surface area contributed by atoms with Gasteiger partial charge in [0.15, 0.2) is 0 Å². The third kappa shape index (κ3) is 1.84. The number of amides is 1. The monoisotopic (exact) mass is 230 g/mol. The molecule has 2 aliphatic rings. The van der Waals surface area contributed by atoms with Gasteiger partial charge >= 0.3 is 0 Å². The number of nitrogens with one attached hydrogen (secondary N) is 2. The minimum Gasteiger partial charge on any atom is -0.352 e. The number of hydrogen-bond donors (Lipinski definition) is 2. The van der Waals surface area contributed by atoms with Crippen LogP contribution in [0.5, 0.6) is 0 Å². The maximum absolute atomic E-state index is 12.3. The highest BCUT2D eigenvalue weighted by Crippen LogP contribution is 2.35. The summed E-state index contributed by atoms with van der Waals surface area (Å²) in [5.41, 5.74) is 2.45. The van der Waals surface area contributed by atoms with E-state index in [4.69, 9.17) is 0 Å². The molecule has 3 rings (SSSR count). The van der Waals surface area contributed by atoms with Crippen LogP contribution in [-0.4, -0.2) is 19.0 Å². The topological polar surface area (TPSA) is 41.1 Å². The Morgan fingerprint density at radius 3 is 2.53 bits per heavy atom. The van der Waals surface area contributed by atoms with Crippen molar-refractivity contribution in [2.24, 2.45) is 5.41 Å². The van der Waals surface area contributed by atoms with Crippen molar-refractivity contribution in [3.8, 4) is 0 Å². The Bertz CT molecular complexity index is 436. The number of carbonyl (C=O) groups excluding carboxylic acids is 1. The molecule has 0 bridgehead atoms. The zero-order chi connectivity index (χ0) is 11.7. The molecule has 1 aromatic carbocycles. The highest BCUT2D eigenvalue weighted by atomic mass is 16.2. The van der Waals surface area contributed by atoms with Gasteiger partial charge in [0, 0.05) is 6.54 Å². The van der Waals surface area contributed by atoms with Gasteiger partial charge in [-0.2, -0.15) is 0 Å². The molecule has 0 radical (unpaired) electrons. The van der Waals surface area contributed by atoms with Crippen molar-refractivity contribution in [3.05, 3.63) is 35.4 Å². The van der Waals surface area contributed by atoms with E-state index in [1.807, 2.05) is 6.07 Å². The van der Waals surface area contributed by atoms with E-state index < -0.39 is 0 Å². The zero-order valence-electron chi connectivity index (χ0n) is 9.96. The minimum atomic E-state index is -0.169. The normalized spacial score (nSPS) is 22.7. The number of rotatable bonds is 0. The summed E-state index contributed by atoms with van der Waals surface area (Å²) in [7, 11) is 0. The van der Waals surface area contributed by atoms with Crippen molar-refractivity contribution in [1.29, 1.82) is 0 Å². The molecule has 2 N–H and O–H groups in total. The molecule has 0 saturated carbocycles. The lowest BCUT2D eigenvalue weighted by Gasteiger charge is -2.35. The van der Waals surface area contributed by atoms with Crippen molar-refractivity contribution in [2.75, 3.05) is 13.1 Å². The molecule has 17 heavy (non-hydrogen) atoms. The third-order valence-electron chi connectivity index (χ3n) is 4.13. The van der Waals surface area contributed by atoms with Crippen molar-refractivity contribution in [3.63, 3.8) is 0 Å².